The van der Waals surface area contributed by atoms with Gasteiger partial charge in [0.2, 0.25) is 17.7 Å². The van der Waals surface area contributed by atoms with Gasteiger partial charge in [-0.3, -0.25) is 14.2 Å². The monoisotopic (exact) mass is 453 g/mol. The molecule has 0 radical (unpaired) electrons. The lowest BCUT2D eigenvalue weighted by Crippen LogP contribution is -2.15. The highest BCUT2D eigenvalue weighted by Gasteiger charge is 2.18. The summed E-state index contributed by atoms with van der Waals surface area (Å²) in [6.45, 7) is 4.18. The molecule has 2 aromatic heterocycles. The van der Waals surface area contributed by atoms with E-state index in [1.54, 1.807) is 57.8 Å². The van der Waals surface area contributed by atoms with Crippen molar-refractivity contribution in [3.63, 3.8) is 0 Å². The first-order valence-electron chi connectivity index (χ1n) is 9.58. The van der Waals surface area contributed by atoms with Crippen molar-refractivity contribution in [2.75, 3.05) is 19.5 Å². The second kappa shape index (κ2) is 9.92. The van der Waals surface area contributed by atoms with Crippen LogP contribution in [0, 0.1) is 4.77 Å². The average Bonchev–Trinajstić information content (AvgIpc) is 3.08. The number of carbonyl (C=O) groups excluding carboxylic acids is 2. The number of benzene rings is 1. The van der Waals surface area contributed by atoms with E-state index in [1.165, 1.54) is 14.2 Å². The number of methoxy groups -OCH3 is 2. The molecule has 0 unspecified atom stereocenters. The van der Waals surface area contributed by atoms with Crippen LogP contribution in [0.25, 0.3) is 0 Å². The third-order valence-electron chi connectivity index (χ3n) is 4.65. The molecule has 3 rings (SSSR count). The van der Waals surface area contributed by atoms with Crippen LogP contribution in [0.3, 0.4) is 0 Å². The van der Waals surface area contributed by atoms with Crippen molar-refractivity contribution in [2.45, 2.75) is 13.1 Å². The Balaban J connectivity index is 1.95. The van der Waals surface area contributed by atoms with Gasteiger partial charge in [-0.25, -0.2) is 0 Å². The third-order valence-corrected chi connectivity index (χ3v) is 5.11. The summed E-state index contributed by atoms with van der Waals surface area (Å²) in [7, 11) is 2.92. The van der Waals surface area contributed by atoms with E-state index in [0.717, 1.165) is 0 Å². The number of rotatable bonds is 10. The first-order valence-corrected chi connectivity index (χ1v) is 9.98. The molecule has 0 aliphatic carbocycles. The van der Waals surface area contributed by atoms with E-state index < -0.39 is 5.91 Å². The van der Waals surface area contributed by atoms with E-state index in [1.807, 2.05) is 0 Å². The lowest BCUT2D eigenvalue weighted by Gasteiger charge is -2.12. The molecule has 10 heteroatoms. The van der Waals surface area contributed by atoms with Crippen molar-refractivity contribution >= 4 is 35.4 Å². The second-order valence-electron chi connectivity index (χ2n) is 6.72. The van der Waals surface area contributed by atoms with Gasteiger partial charge in [0.05, 0.1) is 26.3 Å². The van der Waals surface area contributed by atoms with Gasteiger partial charge in [0.1, 0.15) is 5.82 Å². The van der Waals surface area contributed by atoms with Crippen LogP contribution in [0.15, 0.2) is 55.3 Å². The Hall–Kier alpha value is -3.92. The number of primary amides is 1. The van der Waals surface area contributed by atoms with Crippen LogP contribution in [0.2, 0.25) is 0 Å². The maximum absolute atomic E-state index is 13.1. The Kier molecular flexibility index (Phi) is 7.06. The van der Waals surface area contributed by atoms with E-state index in [2.05, 4.69) is 16.9 Å². The summed E-state index contributed by atoms with van der Waals surface area (Å²) in [4.78, 5) is 28.6. The zero-order chi connectivity index (χ0) is 23.3. The number of nitrogens with two attached hydrogens (primary N) is 1. The number of allylic oxidation sites excluding steroid dienone is 1. The number of anilines is 2. The summed E-state index contributed by atoms with van der Waals surface area (Å²) in [5.74, 6) is 0.357. The fourth-order valence-electron chi connectivity index (χ4n) is 3.05. The van der Waals surface area contributed by atoms with Gasteiger partial charge in [0.25, 0.3) is 0 Å². The highest BCUT2D eigenvalue weighted by molar-refractivity contribution is 7.71. The van der Waals surface area contributed by atoms with Gasteiger partial charge in [0.15, 0.2) is 10.6 Å². The van der Waals surface area contributed by atoms with Gasteiger partial charge >= 0.3 is 0 Å². The average molecular weight is 454 g/mol. The first kappa shape index (κ1) is 22.8. The van der Waals surface area contributed by atoms with E-state index >= 15 is 0 Å². The van der Waals surface area contributed by atoms with Gasteiger partial charge in [-0.2, -0.15) is 4.98 Å². The molecule has 0 aliphatic heterocycles. The van der Waals surface area contributed by atoms with Crippen molar-refractivity contribution in [3.8, 4) is 11.8 Å². The number of ketones is 1. The second-order valence-corrected chi connectivity index (χ2v) is 7.09. The normalized spacial score (nSPS) is 10.4. The molecular weight excluding hydrogens is 430 g/mol. The van der Waals surface area contributed by atoms with Gasteiger partial charge in [0, 0.05) is 30.1 Å². The molecule has 0 atom stereocenters. The smallest absolute Gasteiger partial charge is 0.248 e. The molecule has 3 N–H and O–H groups in total. The molecule has 0 aliphatic rings. The minimum atomic E-state index is -0.510. The molecule has 9 nitrogen and oxygen atoms in total. The molecule has 0 bridgehead atoms. The van der Waals surface area contributed by atoms with Gasteiger partial charge < -0.3 is 25.1 Å². The number of Topliss-reactive ketones (excluding diaryl/α,β-unsaturated/α-hetero) is 1. The van der Waals surface area contributed by atoms with Crippen LogP contribution in [0.4, 0.5) is 11.5 Å². The van der Waals surface area contributed by atoms with Crippen molar-refractivity contribution in [1.29, 1.82) is 0 Å². The number of ether oxygens (including phenoxy) is 2. The molecule has 32 heavy (non-hydrogen) atoms. The molecule has 0 saturated carbocycles. The molecule has 1 amide bonds. The van der Waals surface area contributed by atoms with Gasteiger partial charge in [-0.1, -0.05) is 6.08 Å². The standard InChI is InChI=1S/C22H23N5O4S/c1-4-11-26-13-18(24-15-7-5-14(6-8-15)20(23)29)27(22(26)32)12-17(28)16-9-10-19(30-2)25-21(16)31-3/h4-10,13,24H,1,11-12H2,2-3H3,(H2,23,29). The van der Waals surface area contributed by atoms with Gasteiger partial charge in [-0.15, -0.1) is 6.58 Å². The van der Waals surface area contributed by atoms with Crippen molar-refractivity contribution in [3.05, 3.63) is 71.1 Å². The number of pyridine rings is 1. The molecule has 3 aromatic rings. The minimum absolute atomic E-state index is 0.0466. The van der Waals surface area contributed by atoms with Crippen LogP contribution in [-0.4, -0.2) is 40.0 Å². The van der Waals surface area contributed by atoms with Gasteiger partial charge in [-0.05, 0) is 42.5 Å². The number of imidazole rings is 1. The maximum Gasteiger partial charge on any atom is 0.248 e. The van der Waals surface area contributed by atoms with E-state index in [4.69, 9.17) is 27.4 Å². The Bertz CT molecular complexity index is 1210. The van der Waals surface area contributed by atoms with E-state index in [9.17, 15) is 9.59 Å². The molecule has 0 fully saturated rings. The zero-order valence-electron chi connectivity index (χ0n) is 17.7. The number of nitrogens with zero attached hydrogens (tertiary/aromatic N) is 3. The zero-order valence-corrected chi connectivity index (χ0v) is 18.5. The third kappa shape index (κ3) is 4.86. The minimum Gasteiger partial charge on any atom is -0.481 e. The molecule has 2 heterocycles. The lowest BCUT2D eigenvalue weighted by atomic mass is 10.1. The maximum atomic E-state index is 13.1. The van der Waals surface area contributed by atoms with Crippen LogP contribution in [0.1, 0.15) is 20.7 Å². The number of carbonyl (C=O) groups is 2. The number of amides is 1. The number of nitrogens with one attached hydrogen (secondary N) is 1. The Morgan fingerprint density at radius 1 is 1.19 bits per heavy atom. The van der Waals surface area contributed by atoms with E-state index in [-0.39, 0.29) is 18.2 Å². The SMILES string of the molecule is C=CCn1cc(Nc2ccc(C(N)=O)cc2)n(CC(=O)c2ccc(OC)nc2OC)c1=S. The molecule has 0 saturated heterocycles. The first-order chi connectivity index (χ1) is 15.4. The van der Waals surface area contributed by atoms with Crippen molar-refractivity contribution in [1.82, 2.24) is 14.1 Å². The highest BCUT2D eigenvalue weighted by atomic mass is 32.1. The van der Waals surface area contributed by atoms with Crippen LogP contribution in [0.5, 0.6) is 11.8 Å². The fourth-order valence-corrected chi connectivity index (χ4v) is 3.34. The summed E-state index contributed by atoms with van der Waals surface area (Å²) >= 11 is 5.58. The number of hydrogen-bond donors (Lipinski definition) is 2. The van der Waals surface area contributed by atoms with E-state index in [0.29, 0.717) is 39.8 Å². The largest absolute Gasteiger partial charge is 0.481 e. The predicted molar refractivity (Wildman–Crippen MR) is 123 cm³/mol. The predicted octanol–water partition coefficient (Wildman–Crippen LogP) is 3.34. The Morgan fingerprint density at radius 3 is 2.50 bits per heavy atom. The van der Waals surface area contributed by atoms with Crippen LogP contribution in [-0.2, 0) is 13.1 Å². The van der Waals surface area contributed by atoms with Crippen LogP contribution >= 0.6 is 12.2 Å². The molecular formula is C22H23N5O4S. The Morgan fingerprint density at radius 2 is 1.91 bits per heavy atom. The van der Waals surface area contributed by atoms with Crippen molar-refractivity contribution in [2.24, 2.45) is 5.73 Å². The summed E-state index contributed by atoms with van der Waals surface area (Å²) in [6.07, 6.45) is 3.51. The lowest BCUT2D eigenvalue weighted by molar-refractivity contribution is 0.0966. The summed E-state index contributed by atoms with van der Waals surface area (Å²) < 4.78 is 14.3. The highest BCUT2D eigenvalue weighted by Crippen LogP contribution is 2.24. The Labute approximate surface area is 190 Å². The quantitative estimate of drug-likeness (QED) is 0.275. The fraction of sp³-hybridized carbons (Fsp3) is 0.182. The number of aromatic nitrogens is 3. The summed E-state index contributed by atoms with van der Waals surface area (Å²) in [5.41, 5.74) is 6.70. The molecule has 1 aromatic carbocycles. The van der Waals surface area contributed by atoms with Crippen LogP contribution < -0.4 is 20.5 Å². The summed E-state index contributed by atoms with van der Waals surface area (Å²) in [5, 5.41) is 3.23. The molecule has 0 spiro atoms. The topological polar surface area (TPSA) is 113 Å². The molecule has 166 valence electrons. The van der Waals surface area contributed by atoms with Crippen molar-refractivity contribution < 1.29 is 19.1 Å². The summed E-state index contributed by atoms with van der Waals surface area (Å²) in [6, 6.07) is 9.87. The number of hydrogen-bond acceptors (Lipinski definition) is 7.